The van der Waals surface area contributed by atoms with Gasteiger partial charge in [0.2, 0.25) is 11.8 Å². The Hall–Kier alpha value is -3.89. The zero-order valence-corrected chi connectivity index (χ0v) is 16.5. The second-order valence-corrected chi connectivity index (χ2v) is 6.47. The molecule has 2 N–H and O–H groups in total. The first-order valence-electron chi connectivity index (χ1n) is 9.32. The van der Waals surface area contributed by atoms with Crippen LogP contribution in [-0.2, 0) is 13.1 Å². The molecule has 2 aromatic heterocycles. The van der Waals surface area contributed by atoms with Gasteiger partial charge in [-0.25, -0.2) is 19.2 Å². The van der Waals surface area contributed by atoms with Gasteiger partial charge in [0.05, 0.1) is 0 Å². The number of halogens is 4. The molecule has 7 nitrogen and oxygen atoms in total. The number of hydrogen-bond donors (Lipinski definition) is 2. The van der Waals surface area contributed by atoms with E-state index in [9.17, 15) is 22.4 Å². The third-order valence-electron chi connectivity index (χ3n) is 3.93. The first kappa shape index (κ1) is 22.8. The molecule has 0 atom stereocenters. The number of amides is 2. The van der Waals surface area contributed by atoms with E-state index in [2.05, 4.69) is 25.3 Å². The Balaban J connectivity index is 1.48. The van der Waals surface area contributed by atoms with Crippen LogP contribution >= 0.6 is 0 Å². The van der Waals surface area contributed by atoms with Gasteiger partial charge in [-0.3, -0.25) is 0 Å². The molecule has 0 aliphatic heterocycles. The predicted molar refractivity (Wildman–Crippen MR) is 106 cm³/mol. The molecular formula is C21H18F4N4O3. The predicted octanol–water partition coefficient (Wildman–Crippen LogP) is 4.35. The average Bonchev–Trinajstić information content (AvgIpc) is 2.76. The van der Waals surface area contributed by atoms with E-state index < -0.39 is 24.6 Å². The minimum atomic E-state index is -4.45. The lowest BCUT2D eigenvalue weighted by molar-refractivity contribution is -0.154. The lowest BCUT2D eigenvalue weighted by atomic mass is 10.2. The van der Waals surface area contributed by atoms with Gasteiger partial charge in [-0.1, -0.05) is 18.2 Å². The quantitative estimate of drug-likeness (QED) is 0.499. The normalized spacial score (nSPS) is 11.0. The standard InChI is InChI=1S/C21H18F4N4O3/c22-16-4-1-5-17(9-16)32-19-15(3-2-8-26-19)12-29-20(30)28-11-14-6-7-18(27-10-14)31-13-21(23,24)25/h1-10H,11-13H2,(H2,28,29,30). The topological polar surface area (TPSA) is 85.4 Å². The Labute approximate surface area is 180 Å². The largest absolute Gasteiger partial charge is 0.468 e. The van der Waals surface area contributed by atoms with Crippen molar-refractivity contribution in [2.45, 2.75) is 19.3 Å². The number of aromatic nitrogens is 2. The lowest BCUT2D eigenvalue weighted by Crippen LogP contribution is -2.34. The highest BCUT2D eigenvalue weighted by molar-refractivity contribution is 5.73. The molecule has 0 spiro atoms. The number of alkyl halides is 3. The molecule has 0 unspecified atom stereocenters. The van der Waals surface area contributed by atoms with Crippen molar-refractivity contribution >= 4 is 6.03 Å². The van der Waals surface area contributed by atoms with E-state index in [-0.39, 0.29) is 30.6 Å². The van der Waals surface area contributed by atoms with Crippen LogP contribution in [0.2, 0.25) is 0 Å². The Morgan fingerprint density at radius 3 is 2.53 bits per heavy atom. The summed E-state index contributed by atoms with van der Waals surface area (Å²) in [5.74, 6) is -0.133. The van der Waals surface area contributed by atoms with Crippen molar-refractivity contribution in [2.24, 2.45) is 0 Å². The minimum absolute atomic E-state index is 0.0901. The van der Waals surface area contributed by atoms with Gasteiger partial charge in [0.25, 0.3) is 0 Å². The van der Waals surface area contributed by atoms with Gasteiger partial charge >= 0.3 is 12.2 Å². The van der Waals surface area contributed by atoms with Gasteiger partial charge < -0.3 is 20.1 Å². The summed E-state index contributed by atoms with van der Waals surface area (Å²) >= 11 is 0. The zero-order valence-electron chi connectivity index (χ0n) is 16.5. The number of benzene rings is 1. The number of pyridine rings is 2. The van der Waals surface area contributed by atoms with Crippen LogP contribution in [0.25, 0.3) is 0 Å². The lowest BCUT2D eigenvalue weighted by Gasteiger charge is -2.12. The smallest absolute Gasteiger partial charge is 0.422 e. The number of carbonyl (C=O) groups excluding carboxylic acids is 1. The third-order valence-corrected chi connectivity index (χ3v) is 3.93. The Bertz CT molecular complexity index is 1050. The van der Waals surface area contributed by atoms with Crippen LogP contribution in [0.15, 0.2) is 60.9 Å². The second-order valence-electron chi connectivity index (χ2n) is 6.47. The van der Waals surface area contributed by atoms with Crippen molar-refractivity contribution in [2.75, 3.05) is 6.61 Å². The van der Waals surface area contributed by atoms with Crippen molar-refractivity contribution in [1.29, 1.82) is 0 Å². The van der Waals surface area contributed by atoms with E-state index in [4.69, 9.17) is 4.74 Å². The molecule has 0 bridgehead atoms. The van der Waals surface area contributed by atoms with Gasteiger partial charge in [-0.15, -0.1) is 0 Å². The first-order valence-corrected chi connectivity index (χ1v) is 9.32. The highest BCUT2D eigenvalue weighted by Gasteiger charge is 2.28. The summed E-state index contributed by atoms with van der Waals surface area (Å²) in [6, 6.07) is 11.2. The van der Waals surface area contributed by atoms with E-state index in [1.807, 2.05) is 0 Å². The maximum absolute atomic E-state index is 13.3. The Kier molecular flexibility index (Phi) is 7.42. The average molecular weight is 450 g/mol. The van der Waals surface area contributed by atoms with Crippen LogP contribution in [0, 0.1) is 5.82 Å². The summed E-state index contributed by atoms with van der Waals surface area (Å²) in [5, 5.41) is 5.24. The van der Waals surface area contributed by atoms with Gasteiger partial charge in [0.15, 0.2) is 6.61 Å². The number of carbonyl (C=O) groups is 1. The summed E-state index contributed by atoms with van der Waals surface area (Å²) in [5.41, 5.74) is 1.13. The summed E-state index contributed by atoms with van der Waals surface area (Å²) in [6.45, 7) is -1.25. The molecule has 168 valence electrons. The van der Waals surface area contributed by atoms with Crippen molar-refractivity contribution in [3.05, 3.63) is 77.9 Å². The number of rotatable bonds is 8. The molecule has 0 radical (unpaired) electrons. The fourth-order valence-corrected chi connectivity index (χ4v) is 2.47. The van der Waals surface area contributed by atoms with Gasteiger partial charge in [0.1, 0.15) is 11.6 Å². The van der Waals surface area contributed by atoms with E-state index in [1.54, 1.807) is 18.2 Å². The zero-order chi connectivity index (χ0) is 23.0. The summed E-state index contributed by atoms with van der Waals surface area (Å²) in [6.07, 6.45) is -1.64. The maximum atomic E-state index is 13.3. The van der Waals surface area contributed by atoms with Gasteiger partial charge in [-0.05, 0) is 23.8 Å². The number of ether oxygens (including phenoxy) is 2. The van der Waals surface area contributed by atoms with E-state index in [0.717, 1.165) is 0 Å². The van der Waals surface area contributed by atoms with Crippen LogP contribution in [0.1, 0.15) is 11.1 Å². The second kappa shape index (κ2) is 10.4. The molecule has 0 aliphatic rings. The van der Waals surface area contributed by atoms with Crippen LogP contribution in [0.3, 0.4) is 0 Å². The molecular weight excluding hydrogens is 432 g/mol. The highest BCUT2D eigenvalue weighted by Crippen LogP contribution is 2.23. The van der Waals surface area contributed by atoms with Crippen LogP contribution in [0.4, 0.5) is 22.4 Å². The van der Waals surface area contributed by atoms with E-state index >= 15 is 0 Å². The number of hydrogen-bond acceptors (Lipinski definition) is 5. The Morgan fingerprint density at radius 1 is 1.00 bits per heavy atom. The van der Waals surface area contributed by atoms with E-state index in [1.165, 1.54) is 42.7 Å². The molecule has 0 aliphatic carbocycles. The third kappa shape index (κ3) is 7.42. The highest BCUT2D eigenvalue weighted by atomic mass is 19.4. The molecule has 1 aromatic carbocycles. The number of urea groups is 1. The first-order chi connectivity index (χ1) is 15.3. The van der Waals surface area contributed by atoms with E-state index in [0.29, 0.717) is 11.1 Å². The van der Waals surface area contributed by atoms with Crippen molar-refractivity contribution in [3.8, 4) is 17.5 Å². The van der Waals surface area contributed by atoms with Crippen molar-refractivity contribution in [3.63, 3.8) is 0 Å². The molecule has 2 heterocycles. The molecule has 32 heavy (non-hydrogen) atoms. The number of nitrogens with one attached hydrogen (secondary N) is 2. The SMILES string of the molecule is O=C(NCc1ccc(OCC(F)(F)F)nc1)NCc1cccnc1Oc1cccc(F)c1. The molecule has 0 fully saturated rings. The fourth-order valence-electron chi connectivity index (χ4n) is 2.47. The van der Waals surface area contributed by atoms with Crippen LogP contribution in [0.5, 0.6) is 17.5 Å². The van der Waals surface area contributed by atoms with Gasteiger partial charge in [0, 0.05) is 43.2 Å². The Morgan fingerprint density at radius 2 is 1.81 bits per heavy atom. The number of nitrogens with zero attached hydrogens (tertiary/aromatic N) is 2. The fraction of sp³-hybridized carbons (Fsp3) is 0.190. The summed E-state index contributed by atoms with van der Waals surface area (Å²) in [4.78, 5) is 20.0. The van der Waals surface area contributed by atoms with Gasteiger partial charge in [-0.2, -0.15) is 13.2 Å². The molecule has 3 aromatic rings. The maximum Gasteiger partial charge on any atom is 0.422 e. The molecule has 0 saturated carbocycles. The minimum Gasteiger partial charge on any atom is -0.468 e. The molecule has 3 rings (SSSR count). The molecule has 2 amide bonds. The van der Waals surface area contributed by atoms with Crippen LogP contribution < -0.4 is 20.1 Å². The molecule has 0 saturated heterocycles. The summed E-state index contributed by atoms with van der Waals surface area (Å²) in [7, 11) is 0. The summed E-state index contributed by atoms with van der Waals surface area (Å²) < 4.78 is 59.9. The van der Waals surface area contributed by atoms with Crippen molar-refractivity contribution < 1.29 is 31.8 Å². The van der Waals surface area contributed by atoms with Crippen LogP contribution in [-0.4, -0.2) is 28.8 Å². The monoisotopic (exact) mass is 450 g/mol. The molecule has 11 heteroatoms. The van der Waals surface area contributed by atoms with Crippen molar-refractivity contribution in [1.82, 2.24) is 20.6 Å².